The van der Waals surface area contributed by atoms with Crippen LogP contribution in [0.4, 0.5) is 0 Å². The summed E-state index contributed by atoms with van der Waals surface area (Å²) in [5.74, 6) is -0.214. The van der Waals surface area contributed by atoms with Gasteiger partial charge in [0, 0.05) is 24.1 Å². The number of thiazole rings is 1. The van der Waals surface area contributed by atoms with E-state index in [1.807, 2.05) is 51.1 Å². The number of rotatable bonds is 5. The summed E-state index contributed by atoms with van der Waals surface area (Å²) in [5.41, 5.74) is 3.96. The molecular formula is C24H24N2O2S. The van der Waals surface area contributed by atoms with Crippen LogP contribution in [0.5, 0.6) is 0 Å². The molecule has 0 unspecified atom stereocenters. The van der Waals surface area contributed by atoms with Gasteiger partial charge in [0.15, 0.2) is 4.80 Å². The quantitative estimate of drug-likeness (QED) is 0.426. The third-order valence-corrected chi connectivity index (χ3v) is 6.32. The maximum Gasteiger partial charge on any atom is 0.279 e. The van der Waals surface area contributed by atoms with Crippen LogP contribution in [0.25, 0.3) is 21.0 Å². The number of fused-ring (bicyclic) bond motifs is 3. The molecule has 0 radical (unpaired) electrons. The molecule has 4 aromatic rings. The lowest BCUT2D eigenvalue weighted by Gasteiger charge is -2.06. The topological polar surface area (TPSA) is 43.6 Å². The lowest BCUT2D eigenvalue weighted by Crippen LogP contribution is -2.19. The van der Waals surface area contributed by atoms with Crippen LogP contribution in [0.1, 0.15) is 28.4 Å². The molecule has 0 bridgehead atoms. The summed E-state index contributed by atoms with van der Waals surface area (Å²) < 4.78 is 8.82. The van der Waals surface area contributed by atoms with E-state index in [2.05, 4.69) is 33.8 Å². The molecule has 0 fully saturated rings. The van der Waals surface area contributed by atoms with Crippen LogP contribution in [-0.2, 0) is 11.3 Å². The summed E-state index contributed by atoms with van der Waals surface area (Å²) in [4.78, 5) is 18.1. The smallest absolute Gasteiger partial charge is 0.279 e. The molecule has 148 valence electrons. The SMILES string of the molecule is CCOCCn1c(=NC(=O)c2ccc(C)c(C)c2)sc2c3ccccc3ccc21. The van der Waals surface area contributed by atoms with Crippen LogP contribution in [0.3, 0.4) is 0 Å². The van der Waals surface area contributed by atoms with Gasteiger partial charge < -0.3 is 9.30 Å². The predicted octanol–water partition coefficient (Wildman–Crippen LogP) is 5.25. The summed E-state index contributed by atoms with van der Waals surface area (Å²) in [7, 11) is 0. The molecule has 4 rings (SSSR count). The van der Waals surface area contributed by atoms with Gasteiger partial charge in [0.05, 0.1) is 16.8 Å². The van der Waals surface area contributed by atoms with Gasteiger partial charge in [-0.1, -0.05) is 47.7 Å². The minimum absolute atomic E-state index is 0.214. The number of aromatic nitrogens is 1. The Hall–Kier alpha value is -2.76. The van der Waals surface area contributed by atoms with Crippen LogP contribution in [0, 0.1) is 13.8 Å². The molecule has 0 aliphatic carbocycles. The first-order chi connectivity index (χ1) is 14.1. The standard InChI is InChI=1S/C24H24N2O2S/c1-4-28-14-13-26-21-12-11-18-7-5-6-8-20(18)22(21)29-24(26)25-23(27)19-10-9-16(2)17(3)15-19/h5-12,15H,4,13-14H2,1-3H3. The van der Waals surface area contributed by atoms with Crippen molar-refractivity contribution in [2.45, 2.75) is 27.3 Å². The molecule has 1 amide bonds. The molecule has 0 aliphatic heterocycles. The molecule has 4 nitrogen and oxygen atoms in total. The molecule has 29 heavy (non-hydrogen) atoms. The van der Waals surface area contributed by atoms with Crippen molar-refractivity contribution in [2.24, 2.45) is 4.99 Å². The van der Waals surface area contributed by atoms with E-state index < -0.39 is 0 Å². The fraction of sp³-hybridized carbons (Fsp3) is 0.250. The fourth-order valence-corrected chi connectivity index (χ4v) is 4.62. The van der Waals surface area contributed by atoms with E-state index in [4.69, 9.17) is 4.74 Å². The molecule has 1 aromatic heterocycles. The van der Waals surface area contributed by atoms with Crippen LogP contribution < -0.4 is 4.80 Å². The first-order valence-corrected chi connectivity index (χ1v) is 10.7. The Morgan fingerprint density at radius 1 is 1.07 bits per heavy atom. The third-order valence-electron chi connectivity index (χ3n) is 5.19. The van der Waals surface area contributed by atoms with E-state index in [9.17, 15) is 4.79 Å². The van der Waals surface area contributed by atoms with Crippen molar-refractivity contribution in [1.29, 1.82) is 0 Å². The summed E-state index contributed by atoms with van der Waals surface area (Å²) in [6.45, 7) is 7.95. The van der Waals surface area contributed by atoms with E-state index in [1.165, 1.54) is 16.3 Å². The molecule has 0 atom stereocenters. The van der Waals surface area contributed by atoms with Gasteiger partial charge in [-0.2, -0.15) is 4.99 Å². The third kappa shape index (κ3) is 3.88. The molecular weight excluding hydrogens is 380 g/mol. The number of ether oxygens (including phenoxy) is 1. The number of nitrogens with zero attached hydrogens (tertiary/aromatic N) is 2. The number of carbonyl (C=O) groups is 1. The largest absolute Gasteiger partial charge is 0.380 e. The Morgan fingerprint density at radius 3 is 2.69 bits per heavy atom. The molecule has 0 spiro atoms. The average Bonchev–Trinajstić information content (AvgIpc) is 3.08. The van der Waals surface area contributed by atoms with Crippen molar-refractivity contribution in [2.75, 3.05) is 13.2 Å². The van der Waals surface area contributed by atoms with Gasteiger partial charge in [0.2, 0.25) is 0 Å². The van der Waals surface area contributed by atoms with Gasteiger partial charge in [-0.25, -0.2) is 0 Å². The van der Waals surface area contributed by atoms with Gasteiger partial charge in [0.1, 0.15) is 0 Å². The van der Waals surface area contributed by atoms with Crippen molar-refractivity contribution in [3.63, 3.8) is 0 Å². The van der Waals surface area contributed by atoms with E-state index >= 15 is 0 Å². The predicted molar refractivity (Wildman–Crippen MR) is 120 cm³/mol. The Labute approximate surface area is 174 Å². The monoisotopic (exact) mass is 404 g/mol. The first-order valence-electron chi connectivity index (χ1n) is 9.83. The molecule has 5 heteroatoms. The highest BCUT2D eigenvalue weighted by Crippen LogP contribution is 2.27. The summed E-state index contributed by atoms with van der Waals surface area (Å²) in [6.07, 6.45) is 0. The number of benzene rings is 3. The van der Waals surface area contributed by atoms with E-state index in [-0.39, 0.29) is 5.91 Å². The molecule has 0 saturated carbocycles. The van der Waals surface area contributed by atoms with E-state index in [0.717, 1.165) is 15.8 Å². The second kappa shape index (κ2) is 8.31. The molecule has 0 saturated heterocycles. The van der Waals surface area contributed by atoms with Crippen molar-refractivity contribution in [3.05, 3.63) is 76.1 Å². The lowest BCUT2D eigenvalue weighted by atomic mass is 10.1. The second-order valence-corrected chi connectivity index (χ2v) is 8.06. The maximum absolute atomic E-state index is 12.9. The number of hydrogen-bond donors (Lipinski definition) is 0. The maximum atomic E-state index is 12.9. The van der Waals surface area contributed by atoms with Crippen LogP contribution >= 0.6 is 11.3 Å². The zero-order chi connectivity index (χ0) is 20.4. The minimum Gasteiger partial charge on any atom is -0.380 e. The number of carbonyl (C=O) groups excluding carboxylic acids is 1. The fourth-order valence-electron chi connectivity index (χ4n) is 3.43. The van der Waals surface area contributed by atoms with Crippen molar-refractivity contribution < 1.29 is 9.53 Å². The molecule has 1 heterocycles. The molecule has 0 aliphatic rings. The zero-order valence-electron chi connectivity index (χ0n) is 16.9. The van der Waals surface area contributed by atoms with Crippen LogP contribution in [0.15, 0.2) is 59.6 Å². The van der Waals surface area contributed by atoms with Gasteiger partial charge in [-0.15, -0.1) is 0 Å². The van der Waals surface area contributed by atoms with Gasteiger partial charge >= 0.3 is 0 Å². The Bertz CT molecular complexity index is 1270. The second-order valence-electron chi connectivity index (χ2n) is 7.08. The van der Waals surface area contributed by atoms with Gasteiger partial charge in [0.25, 0.3) is 5.91 Å². The van der Waals surface area contributed by atoms with Crippen LogP contribution in [0.2, 0.25) is 0 Å². The highest BCUT2D eigenvalue weighted by molar-refractivity contribution is 7.17. The average molecular weight is 405 g/mol. The van der Waals surface area contributed by atoms with Crippen molar-refractivity contribution in [3.8, 4) is 0 Å². The zero-order valence-corrected chi connectivity index (χ0v) is 17.8. The lowest BCUT2D eigenvalue weighted by molar-refractivity contribution is 0.0996. The van der Waals surface area contributed by atoms with Crippen molar-refractivity contribution >= 4 is 38.2 Å². The van der Waals surface area contributed by atoms with Crippen molar-refractivity contribution in [1.82, 2.24) is 4.57 Å². The number of amides is 1. The minimum atomic E-state index is -0.214. The van der Waals surface area contributed by atoms with Gasteiger partial charge in [-0.05, 0) is 55.5 Å². The Balaban J connectivity index is 1.87. The molecule has 3 aromatic carbocycles. The highest BCUT2D eigenvalue weighted by atomic mass is 32.1. The highest BCUT2D eigenvalue weighted by Gasteiger charge is 2.12. The Kier molecular flexibility index (Phi) is 5.60. The molecule has 0 N–H and O–H groups in total. The Morgan fingerprint density at radius 2 is 1.90 bits per heavy atom. The van der Waals surface area contributed by atoms with E-state index in [1.54, 1.807) is 11.3 Å². The first kappa shape index (κ1) is 19.6. The van der Waals surface area contributed by atoms with Crippen LogP contribution in [-0.4, -0.2) is 23.7 Å². The van der Waals surface area contributed by atoms with E-state index in [0.29, 0.717) is 30.1 Å². The normalized spacial score (nSPS) is 12.2. The summed E-state index contributed by atoms with van der Waals surface area (Å²) in [5, 5.41) is 2.37. The summed E-state index contributed by atoms with van der Waals surface area (Å²) in [6, 6.07) is 18.3. The number of aryl methyl sites for hydroxylation is 2. The summed E-state index contributed by atoms with van der Waals surface area (Å²) >= 11 is 1.56. The number of hydrogen-bond acceptors (Lipinski definition) is 3. The van der Waals surface area contributed by atoms with Gasteiger partial charge in [-0.3, -0.25) is 4.79 Å².